The highest BCUT2D eigenvalue weighted by Crippen LogP contribution is 2.16. The molecule has 2 aromatic carbocycles. The van der Waals surface area contributed by atoms with Gasteiger partial charge in [0.15, 0.2) is 6.10 Å². The zero-order chi connectivity index (χ0) is 15.2. The topological polar surface area (TPSA) is 64.3 Å². The summed E-state index contributed by atoms with van der Waals surface area (Å²) in [6.45, 7) is 1.69. The van der Waals surface area contributed by atoms with E-state index in [1.165, 1.54) is 0 Å². The van der Waals surface area contributed by atoms with Gasteiger partial charge in [-0.3, -0.25) is 4.79 Å². The van der Waals surface area contributed by atoms with Gasteiger partial charge in [0, 0.05) is 11.3 Å². The second kappa shape index (κ2) is 6.85. The second-order valence-corrected chi connectivity index (χ2v) is 4.95. The summed E-state index contributed by atoms with van der Waals surface area (Å²) >= 11 is 4.92. The Morgan fingerprint density at radius 2 is 1.90 bits per heavy atom. The number of carbonyl (C=O) groups excluding carboxylic acids is 1. The molecule has 108 valence electrons. The number of anilines is 1. The minimum atomic E-state index is -0.633. The van der Waals surface area contributed by atoms with E-state index >= 15 is 0 Å². The number of benzene rings is 2. The van der Waals surface area contributed by atoms with Crippen LogP contribution in [0.15, 0.2) is 54.6 Å². The van der Waals surface area contributed by atoms with Crippen LogP contribution in [0.2, 0.25) is 0 Å². The van der Waals surface area contributed by atoms with Crippen LogP contribution < -0.4 is 15.8 Å². The molecule has 0 spiro atoms. The van der Waals surface area contributed by atoms with Crippen LogP contribution in [0.25, 0.3) is 0 Å². The van der Waals surface area contributed by atoms with Crippen LogP contribution in [0.3, 0.4) is 0 Å². The van der Waals surface area contributed by atoms with Crippen LogP contribution >= 0.6 is 12.2 Å². The number of hydrogen-bond donors (Lipinski definition) is 2. The minimum absolute atomic E-state index is 0.220. The summed E-state index contributed by atoms with van der Waals surface area (Å²) in [5, 5.41) is 2.78. The third kappa shape index (κ3) is 4.29. The van der Waals surface area contributed by atoms with Gasteiger partial charge in [0.05, 0.1) is 0 Å². The summed E-state index contributed by atoms with van der Waals surface area (Å²) in [5.41, 5.74) is 7.01. The van der Waals surface area contributed by atoms with Crippen molar-refractivity contribution in [2.75, 3.05) is 5.32 Å². The highest BCUT2D eigenvalue weighted by atomic mass is 32.1. The van der Waals surface area contributed by atoms with E-state index in [9.17, 15) is 4.79 Å². The average molecular weight is 300 g/mol. The molecule has 3 N–H and O–H groups in total. The predicted molar refractivity (Wildman–Crippen MR) is 87.5 cm³/mol. The molecule has 4 nitrogen and oxygen atoms in total. The van der Waals surface area contributed by atoms with Crippen molar-refractivity contribution >= 4 is 28.8 Å². The van der Waals surface area contributed by atoms with E-state index in [1.807, 2.05) is 30.3 Å². The van der Waals surface area contributed by atoms with Crippen LogP contribution in [0.4, 0.5) is 5.69 Å². The minimum Gasteiger partial charge on any atom is -0.481 e. The maximum Gasteiger partial charge on any atom is 0.265 e. The fourth-order valence-electron chi connectivity index (χ4n) is 1.75. The van der Waals surface area contributed by atoms with Gasteiger partial charge in [-0.15, -0.1) is 0 Å². The molecule has 0 radical (unpaired) electrons. The molecule has 0 saturated heterocycles. The zero-order valence-electron chi connectivity index (χ0n) is 11.6. The zero-order valence-corrected chi connectivity index (χ0v) is 12.4. The lowest BCUT2D eigenvalue weighted by Crippen LogP contribution is -2.30. The molecule has 21 heavy (non-hydrogen) atoms. The smallest absolute Gasteiger partial charge is 0.265 e. The number of rotatable bonds is 5. The molecule has 0 aliphatic heterocycles. The molecule has 5 heteroatoms. The third-order valence-corrected chi connectivity index (χ3v) is 3.08. The summed E-state index contributed by atoms with van der Waals surface area (Å²) in [6, 6.07) is 16.3. The van der Waals surface area contributed by atoms with Crippen molar-refractivity contribution in [3.63, 3.8) is 0 Å². The highest BCUT2D eigenvalue weighted by Gasteiger charge is 2.15. The quantitative estimate of drug-likeness (QED) is 0.833. The Labute approximate surface area is 128 Å². The van der Waals surface area contributed by atoms with Crippen molar-refractivity contribution in [2.24, 2.45) is 5.73 Å². The van der Waals surface area contributed by atoms with Gasteiger partial charge in [0.1, 0.15) is 10.7 Å². The van der Waals surface area contributed by atoms with E-state index in [1.54, 1.807) is 31.2 Å². The molecule has 0 heterocycles. The van der Waals surface area contributed by atoms with E-state index in [2.05, 4.69) is 5.32 Å². The largest absolute Gasteiger partial charge is 0.481 e. The Hall–Kier alpha value is -2.40. The van der Waals surface area contributed by atoms with Gasteiger partial charge in [0.25, 0.3) is 5.91 Å². The van der Waals surface area contributed by atoms with Crippen molar-refractivity contribution in [3.05, 3.63) is 60.2 Å². The first-order chi connectivity index (χ1) is 10.1. The highest BCUT2D eigenvalue weighted by molar-refractivity contribution is 7.80. The normalized spacial score (nSPS) is 11.5. The van der Waals surface area contributed by atoms with Crippen LogP contribution in [-0.4, -0.2) is 17.0 Å². The van der Waals surface area contributed by atoms with Gasteiger partial charge in [-0.05, 0) is 31.2 Å². The Kier molecular flexibility index (Phi) is 4.90. The van der Waals surface area contributed by atoms with Crippen molar-refractivity contribution in [3.8, 4) is 5.75 Å². The standard InChI is InChI=1S/C16H16N2O2S/c1-11(16(19)18-13-7-3-2-4-8-13)20-14-9-5-6-12(10-14)15(17)21/h2-11H,1H3,(H2,17,21)(H,18,19). The predicted octanol–water partition coefficient (Wildman–Crippen LogP) is 2.73. The van der Waals surface area contributed by atoms with Crippen LogP contribution in [0, 0.1) is 0 Å². The van der Waals surface area contributed by atoms with Gasteiger partial charge in [-0.2, -0.15) is 0 Å². The Bertz CT molecular complexity index is 644. The molecule has 1 unspecified atom stereocenters. The third-order valence-electron chi connectivity index (χ3n) is 2.84. The first kappa shape index (κ1) is 15.0. The van der Waals surface area contributed by atoms with Gasteiger partial charge in [-0.1, -0.05) is 42.5 Å². The molecule has 1 amide bonds. The fraction of sp³-hybridized carbons (Fsp3) is 0.125. The van der Waals surface area contributed by atoms with Crippen molar-refractivity contribution in [1.82, 2.24) is 0 Å². The summed E-state index contributed by atoms with van der Waals surface area (Å²) in [5.74, 6) is 0.331. The molecule has 0 saturated carbocycles. The number of nitrogens with two attached hydrogens (primary N) is 1. The number of thiocarbonyl (C=S) groups is 1. The monoisotopic (exact) mass is 300 g/mol. The number of amides is 1. The van der Waals surface area contributed by atoms with Gasteiger partial charge >= 0.3 is 0 Å². The number of hydrogen-bond acceptors (Lipinski definition) is 3. The van der Waals surface area contributed by atoms with E-state index in [0.29, 0.717) is 16.3 Å². The molecule has 0 bridgehead atoms. The van der Waals surface area contributed by atoms with E-state index in [0.717, 1.165) is 5.69 Å². The molecule has 0 aliphatic rings. The molecule has 0 fully saturated rings. The maximum atomic E-state index is 12.0. The summed E-state index contributed by atoms with van der Waals surface area (Å²) < 4.78 is 5.61. The Morgan fingerprint density at radius 1 is 1.19 bits per heavy atom. The lowest BCUT2D eigenvalue weighted by atomic mass is 10.2. The summed E-state index contributed by atoms with van der Waals surface area (Å²) in [7, 11) is 0. The lowest BCUT2D eigenvalue weighted by Gasteiger charge is -2.15. The maximum absolute atomic E-state index is 12.0. The summed E-state index contributed by atoms with van der Waals surface area (Å²) in [6.07, 6.45) is -0.633. The number of carbonyl (C=O) groups is 1. The van der Waals surface area contributed by atoms with Crippen molar-refractivity contribution in [2.45, 2.75) is 13.0 Å². The first-order valence-electron chi connectivity index (χ1n) is 6.48. The number of nitrogens with one attached hydrogen (secondary N) is 1. The molecule has 0 aliphatic carbocycles. The van der Waals surface area contributed by atoms with E-state index in [-0.39, 0.29) is 5.91 Å². The summed E-state index contributed by atoms with van der Waals surface area (Å²) in [4.78, 5) is 12.3. The van der Waals surface area contributed by atoms with Crippen LogP contribution in [0.5, 0.6) is 5.75 Å². The van der Waals surface area contributed by atoms with E-state index in [4.69, 9.17) is 22.7 Å². The Morgan fingerprint density at radius 3 is 2.57 bits per heavy atom. The number of ether oxygens (including phenoxy) is 1. The fourth-order valence-corrected chi connectivity index (χ4v) is 1.87. The van der Waals surface area contributed by atoms with Crippen LogP contribution in [-0.2, 0) is 4.79 Å². The second-order valence-electron chi connectivity index (χ2n) is 4.51. The SMILES string of the molecule is CC(Oc1cccc(C(N)=S)c1)C(=O)Nc1ccccc1. The first-order valence-corrected chi connectivity index (χ1v) is 6.89. The van der Waals surface area contributed by atoms with Gasteiger partial charge in [0.2, 0.25) is 0 Å². The molecule has 1 atom stereocenters. The van der Waals surface area contributed by atoms with Crippen molar-refractivity contribution < 1.29 is 9.53 Å². The molecule has 2 rings (SSSR count). The molecular formula is C16H16N2O2S. The molecule has 0 aromatic heterocycles. The molecule has 2 aromatic rings. The van der Waals surface area contributed by atoms with Gasteiger partial charge in [-0.25, -0.2) is 0 Å². The Balaban J connectivity index is 2.00. The lowest BCUT2D eigenvalue weighted by molar-refractivity contribution is -0.122. The average Bonchev–Trinajstić information content (AvgIpc) is 2.48. The number of para-hydroxylation sites is 1. The van der Waals surface area contributed by atoms with Crippen LogP contribution in [0.1, 0.15) is 12.5 Å². The van der Waals surface area contributed by atoms with E-state index < -0.39 is 6.10 Å². The van der Waals surface area contributed by atoms with Crippen molar-refractivity contribution in [1.29, 1.82) is 0 Å². The van der Waals surface area contributed by atoms with Gasteiger partial charge < -0.3 is 15.8 Å². The molecular weight excluding hydrogens is 284 g/mol.